The van der Waals surface area contributed by atoms with E-state index in [4.69, 9.17) is 5.14 Å². The third kappa shape index (κ3) is 2.68. The fourth-order valence-electron chi connectivity index (χ4n) is 0.555. The van der Waals surface area contributed by atoms with Crippen molar-refractivity contribution in [3.8, 4) is 6.01 Å². The maximum Gasteiger partial charge on any atom is 0.322 e. The molecule has 0 saturated heterocycles. The minimum absolute atomic E-state index is 0.0256. The van der Waals surface area contributed by atoms with Gasteiger partial charge in [-0.25, -0.2) is 23.5 Å². The summed E-state index contributed by atoms with van der Waals surface area (Å²) in [6.45, 7) is 0. The molecular formula is C5H5N3O3S2. The van der Waals surface area contributed by atoms with Crippen molar-refractivity contribution in [1.82, 2.24) is 9.97 Å². The Bertz CT molecular complexity index is 400. The first-order chi connectivity index (χ1) is 6.04. The summed E-state index contributed by atoms with van der Waals surface area (Å²) in [5.41, 5.74) is 0.964. The van der Waals surface area contributed by atoms with Gasteiger partial charge < -0.3 is 4.74 Å². The molecule has 0 amide bonds. The van der Waals surface area contributed by atoms with E-state index in [2.05, 4.69) is 26.9 Å². The highest BCUT2D eigenvalue weighted by molar-refractivity contribution is 7.89. The van der Waals surface area contributed by atoms with Gasteiger partial charge in [-0.1, -0.05) is 0 Å². The first-order valence-corrected chi connectivity index (χ1v) is 5.01. The second kappa shape index (κ2) is 3.73. The zero-order chi connectivity index (χ0) is 9.90. The van der Waals surface area contributed by atoms with E-state index in [1.165, 1.54) is 0 Å². The maximum absolute atomic E-state index is 10.7. The topological polar surface area (TPSA) is 95.2 Å². The molecule has 0 spiro atoms. The summed E-state index contributed by atoms with van der Waals surface area (Å²) in [5, 5.41) is 4.80. The van der Waals surface area contributed by atoms with Crippen molar-refractivity contribution in [2.75, 3.05) is 0 Å². The molecule has 8 heteroatoms. The number of ether oxygens (including phenoxy) is 1. The summed E-state index contributed by atoms with van der Waals surface area (Å²) < 4.78 is 26.1. The molecule has 1 aromatic heterocycles. The molecule has 1 heterocycles. The second-order valence-electron chi connectivity index (χ2n) is 1.96. The SMILES string of the molecule is NS(=O)(=O)c1cnc(OC=S)nc1. The third-order valence-corrected chi connectivity index (χ3v) is 2.05. The highest BCUT2D eigenvalue weighted by Gasteiger charge is 2.08. The Morgan fingerprint density at radius 2 is 2.00 bits per heavy atom. The van der Waals surface area contributed by atoms with Crippen molar-refractivity contribution in [3.63, 3.8) is 0 Å². The van der Waals surface area contributed by atoms with E-state index in [-0.39, 0.29) is 10.9 Å². The predicted molar refractivity (Wildman–Crippen MR) is 47.7 cm³/mol. The summed E-state index contributed by atoms with van der Waals surface area (Å²) in [6, 6.07) is -0.0256. The van der Waals surface area contributed by atoms with Crippen molar-refractivity contribution in [1.29, 1.82) is 0 Å². The number of primary sulfonamides is 1. The van der Waals surface area contributed by atoms with E-state index in [0.29, 0.717) is 0 Å². The lowest BCUT2D eigenvalue weighted by molar-refractivity contribution is 0.528. The minimum Gasteiger partial charge on any atom is -0.420 e. The fraction of sp³-hybridized carbons (Fsp3) is 0. The molecule has 0 radical (unpaired) electrons. The van der Waals surface area contributed by atoms with Crippen LogP contribution in [0, 0.1) is 0 Å². The Morgan fingerprint density at radius 1 is 1.46 bits per heavy atom. The van der Waals surface area contributed by atoms with Crippen LogP contribution < -0.4 is 9.88 Å². The van der Waals surface area contributed by atoms with Crippen LogP contribution in [-0.4, -0.2) is 23.9 Å². The van der Waals surface area contributed by atoms with Crippen molar-refractivity contribution in [2.45, 2.75) is 4.90 Å². The summed E-state index contributed by atoms with van der Waals surface area (Å²) in [6.07, 6.45) is 2.08. The van der Waals surface area contributed by atoms with E-state index in [1.54, 1.807) is 0 Å². The number of rotatable bonds is 3. The first-order valence-electron chi connectivity index (χ1n) is 2.99. The fourth-order valence-corrected chi connectivity index (χ4v) is 1.04. The van der Waals surface area contributed by atoms with Gasteiger partial charge in [0.1, 0.15) is 4.90 Å². The molecule has 0 fully saturated rings. The summed E-state index contributed by atoms with van der Waals surface area (Å²) in [7, 11) is -3.75. The highest BCUT2D eigenvalue weighted by atomic mass is 32.2. The van der Waals surface area contributed by atoms with E-state index >= 15 is 0 Å². The lowest BCUT2D eigenvalue weighted by Crippen LogP contribution is -2.13. The Kier molecular flexibility index (Phi) is 2.86. The molecule has 0 aliphatic rings. The molecule has 0 aliphatic heterocycles. The largest absolute Gasteiger partial charge is 0.420 e. The van der Waals surface area contributed by atoms with Crippen LogP contribution >= 0.6 is 12.2 Å². The van der Waals surface area contributed by atoms with E-state index in [1.807, 2.05) is 0 Å². The molecule has 0 aromatic carbocycles. The number of nitrogens with two attached hydrogens (primary N) is 1. The number of sulfonamides is 1. The average molecular weight is 219 g/mol. The van der Waals surface area contributed by atoms with Gasteiger partial charge >= 0.3 is 6.01 Å². The van der Waals surface area contributed by atoms with Crippen LogP contribution in [0.4, 0.5) is 0 Å². The van der Waals surface area contributed by atoms with Crippen LogP contribution in [0.5, 0.6) is 6.01 Å². The zero-order valence-corrected chi connectivity index (χ0v) is 7.88. The van der Waals surface area contributed by atoms with Gasteiger partial charge in [-0.05, 0) is 12.2 Å². The molecule has 1 rings (SSSR count). The van der Waals surface area contributed by atoms with Crippen LogP contribution in [0.1, 0.15) is 0 Å². The Morgan fingerprint density at radius 3 is 2.38 bits per heavy atom. The molecule has 0 unspecified atom stereocenters. The van der Waals surface area contributed by atoms with Crippen LogP contribution in [0.3, 0.4) is 0 Å². The standard InChI is InChI=1S/C5H5N3O3S2/c6-13(9,10)4-1-7-5(8-2-4)11-3-12/h1-3H,(H2,6,9,10). The van der Waals surface area contributed by atoms with Gasteiger partial charge in [0, 0.05) is 0 Å². The average Bonchev–Trinajstić information content (AvgIpc) is 2.04. The van der Waals surface area contributed by atoms with Crippen LogP contribution in [-0.2, 0) is 10.0 Å². The molecule has 70 valence electrons. The van der Waals surface area contributed by atoms with Crippen molar-refractivity contribution in [3.05, 3.63) is 12.4 Å². The molecular weight excluding hydrogens is 214 g/mol. The summed E-state index contributed by atoms with van der Waals surface area (Å²) in [5.74, 6) is 0. The van der Waals surface area contributed by atoms with Crippen molar-refractivity contribution < 1.29 is 13.2 Å². The molecule has 0 bridgehead atoms. The predicted octanol–water partition coefficient (Wildman–Crippen LogP) is -0.540. The summed E-state index contributed by atoms with van der Waals surface area (Å²) >= 11 is 4.37. The van der Waals surface area contributed by atoms with Gasteiger partial charge in [0.25, 0.3) is 0 Å². The number of aromatic nitrogens is 2. The molecule has 2 N–H and O–H groups in total. The third-order valence-electron chi connectivity index (χ3n) is 1.09. The lowest BCUT2D eigenvalue weighted by Gasteiger charge is -1.97. The van der Waals surface area contributed by atoms with Gasteiger partial charge in [-0.15, -0.1) is 0 Å². The normalized spacial score (nSPS) is 10.8. The number of hydrogen-bond acceptors (Lipinski definition) is 6. The van der Waals surface area contributed by atoms with Crippen molar-refractivity contribution >= 4 is 27.8 Å². The minimum atomic E-state index is -3.75. The molecule has 1 aromatic rings. The lowest BCUT2D eigenvalue weighted by atomic mass is 10.7. The van der Waals surface area contributed by atoms with E-state index in [0.717, 1.165) is 17.9 Å². The molecule has 0 saturated carbocycles. The van der Waals surface area contributed by atoms with Gasteiger partial charge in [0.05, 0.1) is 12.4 Å². The quantitative estimate of drug-likeness (QED) is 0.686. The molecule has 6 nitrogen and oxygen atoms in total. The number of thiocarbonyl (C=S) groups is 1. The Balaban J connectivity index is 3.01. The zero-order valence-electron chi connectivity index (χ0n) is 6.25. The molecule has 0 aliphatic carbocycles. The van der Waals surface area contributed by atoms with Crippen LogP contribution in [0.25, 0.3) is 0 Å². The van der Waals surface area contributed by atoms with Gasteiger partial charge in [0.2, 0.25) is 10.0 Å². The number of nitrogens with zero attached hydrogens (tertiary/aromatic N) is 2. The van der Waals surface area contributed by atoms with Gasteiger partial charge in [-0.3, -0.25) is 0 Å². The second-order valence-corrected chi connectivity index (χ2v) is 3.71. The Labute approximate surface area is 79.8 Å². The smallest absolute Gasteiger partial charge is 0.322 e. The van der Waals surface area contributed by atoms with E-state index < -0.39 is 10.0 Å². The summed E-state index contributed by atoms with van der Waals surface area (Å²) in [4.78, 5) is 6.91. The van der Waals surface area contributed by atoms with Gasteiger partial charge in [0.15, 0.2) is 5.55 Å². The van der Waals surface area contributed by atoms with Crippen LogP contribution in [0.2, 0.25) is 0 Å². The highest BCUT2D eigenvalue weighted by Crippen LogP contribution is 2.05. The Hall–Kier alpha value is -1.12. The monoisotopic (exact) mass is 219 g/mol. The van der Waals surface area contributed by atoms with Gasteiger partial charge in [-0.2, -0.15) is 0 Å². The van der Waals surface area contributed by atoms with E-state index in [9.17, 15) is 8.42 Å². The maximum atomic E-state index is 10.7. The number of hydrogen-bond donors (Lipinski definition) is 1. The van der Waals surface area contributed by atoms with Crippen molar-refractivity contribution in [2.24, 2.45) is 5.14 Å². The molecule has 0 atom stereocenters. The molecule has 13 heavy (non-hydrogen) atoms. The first kappa shape index (κ1) is 9.96. The van der Waals surface area contributed by atoms with Crippen LogP contribution in [0.15, 0.2) is 17.3 Å².